The van der Waals surface area contributed by atoms with Gasteiger partial charge in [0.25, 0.3) is 0 Å². The molecule has 1 fully saturated rings. The van der Waals surface area contributed by atoms with Crippen LogP contribution in [0.2, 0.25) is 0 Å². The first-order valence-electron chi connectivity index (χ1n) is 10.4. The van der Waals surface area contributed by atoms with Gasteiger partial charge >= 0.3 is 0 Å². The van der Waals surface area contributed by atoms with E-state index in [1.165, 1.54) is 11.8 Å². The molecule has 30 heavy (non-hydrogen) atoms. The minimum Gasteiger partial charge on any atom is -0.341 e. The highest BCUT2D eigenvalue weighted by Gasteiger charge is 2.19. The van der Waals surface area contributed by atoms with E-state index in [1.807, 2.05) is 59.8 Å². The number of thioether (sulfide) groups is 1. The molecular formula is C24H27N3O2S. The second-order valence-electron chi connectivity index (χ2n) is 7.94. The van der Waals surface area contributed by atoms with Crippen molar-refractivity contribution in [3.05, 3.63) is 59.8 Å². The van der Waals surface area contributed by atoms with Crippen molar-refractivity contribution in [2.45, 2.75) is 38.1 Å². The average molecular weight is 422 g/mol. The van der Waals surface area contributed by atoms with Crippen LogP contribution in [0.5, 0.6) is 0 Å². The highest BCUT2D eigenvalue weighted by atomic mass is 32.2. The smallest absolute Gasteiger partial charge is 0.242 e. The summed E-state index contributed by atoms with van der Waals surface area (Å²) in [5.41, 5.74) is 4.12. The van der Waals surface area contributed by atoms with Crippen LogP contribution >= 0.6 is 11.8 Å². The summed E-state index contributed by atoms with van der Waals surface area (Å²) in [5.74, 6) is 0.452. The molecule has 2 amide bonds. The minimum atomic E-state index is -0.0324. The Labute approximate surface area is 181 Å². The molecule has 1 N–H and O–H groups in total. The zero-order chi connectivity index (χ0) is 21.1. The van der Waals surface area contributed by atoms with Crippen LogP contribution in [-0.4, -0.2) is 40.1 Å². The molecule has 4 rings (SSSR count). The number of aryl methyl sites for hydroxylation is 2. The number of likely N-dealkylation sites (tertiary alicyclic amines) is 1. The number of para-hydroxylation sites is 1. The van der Waals surface area contributed by atoms with Gasteiger partial charge in [-0.25, -0.2) is 0 Å². The summed E-state index contributed by atoms with van der Waals surface area (Å²) < 4.78 is 2.01. The van der Waals surface area contributed by atoms with Gasteiger partial charge in [0.2, 0.25) is 11.8 Å². The van der Waals surface area contributed by atoms with Gasteiger partial charge in [0.05, 0.1) is 5.75 Å². The molecule has 156 valence electrons. The summed E-state index contributed by atoms with van der Waals surface area (Å²) in [6, 6.07) is 14.1. The summed E-state index contributed by atoms with van der Waals surface area (Å²) in [6.45, 7) is 6.11. The Hall–Kier alpha value is -2.73. The standard InChI is InChI=1S/C24H27N3O2S/c1-17-11-18(2)13-19(12-17)25-23(28)16-30-22-14-27(21-8-4-3-7-20(21)22)15-24(29)26-9-5-6-10-26/h3-4,7-8,11-14H,5-6,9-10,15-16H2,1-2H3,(H,25,28). The van der Waals surface area contributed by atoms with Crippen molar-refractivity contribution in [2.75, 3.05) is 24.2 Å². The van der Waals surface area contributed by atoms with E-state index in [9.17, 15) is 9.59 Å². The van der Waals surface area contributed by atoms with Crippen LogP contribution in [-0.2, 0) is 16.1 Å². The summed E-state index contributed by atoms with van der Waals surface area (Å²) in [6.07, 6.45) is 4.19. The predicted molar refractivity (Wildman–Crippen MR) is 123 cm³/mol. The summed E-state index contributed by atoms with van der Waals surface area (Å²) >= 11 is 1.51. The van der Waals surface area contributed by atoms with Gasteiger partial charge in [-0.1, -0.05) is 24.3 Å². The van der Waals surface area contributed by atoms with Gasteiger partial charge in [-0.05, 0) is 56.0 Å². The zero-order valence-electron chi connectivity index (χ0n) is 17.5. The molecule has 0 radical (unpaired) electrons. The maximum Gasteiger partial charge on any atom is 0.242 e. The molecule has 0 aliphatic carbocycles. The number of amides is 2. The van der Waals surface area contributed by atoms with E-state index in [0.717, 1.165) is 58.5 Å². The summed E-state index contributed by atoms with van der Waals surface area (Å²) in [5, 5.41) is 4.07. The molecule has 0 spiro atoms. The maximum atomic E-state index is 12.6. The fourth-order valence-corrected chi connectivity index (χ4v) is 4.95. The third-order valence-corrected chi connectivity index (χ3v) is 6.42. The number of carbonyl (C=O) groups excluding carboxylic acids is 2. The quantitative estimate of drug-likeness (QED) is 0.591. The van der Waals surface area contributed by atoms with Crippen molar-refractivity contribution < 1.29 is 9.59 Å². The molecule has 1 aliphatic heterocycles. The fourth-order valence-electron chi connectivity index (χ4n) is 4.06. The van der Waals surface area contributed by atoms with Crippen molar-refractivity contribution in [3.63, 3.8) is 0 Å². The molecule has 0 saturated carbocycles. The van der Waals surface area contributed by atoms with Crippen molar-refractivity contribution >= 4 is 40.2 Å². The molecule has 0 bridgehead atoms. The van der Waals surface area contributed by atoms with Gasteiger partial charge in [-0.3, -0.25) is 9.59 Å². The zero-order valence-corrected chi connectivity index (χ0v) is 18.3. The second kappa shape index (κ2) is 8.96. The first-order chi connectivity index (χ1) is 14.5. The van der Waals surface area contributed by atoms with E-state index in [0.29, 0.717) is 12.3 Å². The molecule has 0 unspecified atom stereocenters. The topological polar surface area (TPSA) is 54.3 Å². The van der Waals surface area contributed by atoms with Gasteiger partial charge in [0, 0.05) is 40.8 Å². The van der Waals surface area contributed by atoms with Crippen molar-refractivity contribution in [2.24, 2.45) is 0 Å². The van der Waals surface area contributed by atoms with Crippen LogP contribution in [0.3, 0.4) is 0 Å². The Bertz CT molecular complexity index is 1060. The SMILES string of the molecule is Cc1cc(C)cc(NC(=O)CSc2cn(CC(=O)N3CCCC3)c3ccccc23)c1. The van der Waals surface area contributed by atoms with Crippen molar-refractivity contribution in [1.82, 2.24) is 9.47 Å². The van der Waals surface area contributed by atoms with Crippen LogP contribution in [0.1, 0.15) is 24.0 Å². The van der Waals surface area contributed by atoms with Crippen LogP contribution in [0.4, 0.5) is 5.69 Å². The van der Waals surface area contributed by atoms with Crippen LogP contribution < -0.4 is 5.32 Å². The van der Waals surface area contributed by atoms with Crippen LogP contribution in [0.15, 0.2) is 53.6 Å². The lowest BCUT2D eigenvalue weighted by Crippen LogP contribution is -2.30. The Morgan fingerprint density at radius 2 is 1.73 bits per heavy atom. The molecule has 1 aromatic heterocycles. The van der Waals surface area contributed by atoms with Gasteiger partial charge in [-0.2, -0.15) is 0 Å². The molecular weight excluding hydrogens is 394 g/mol. The third kappa shape index (κ3) is 4.70. The van der Waals surface area contributed by atoms with Crippen LogP contribution in [0.25, 0.3) is 10.9 Å². The number of fused-ring (bicyclic) bond motifs is 1. The molecule has 2 heterocycles. The monoisotopic (exact) mass is 421 g/mol. The van der Waals surface area contributed by atoms with Gasteiger partial charge in [0.1, 0.15) is 6.54 Å². The third-order valence-electron chi connectivity index (χ3n) is 5.38. The second-order valence-corrected chi connectivity index (χ2v) is 8.96. The Morgan fingerprint density at radius 3 is 2.47 bits per heavy atom. The lowest BCUT2D eigenvalue weighted by molar-refractivity contribution is -0.130. The Kier molecular flexibility index (Phi) is 6.13. The van der Waals surface area contributed by atoms with E-state index in [2.05, 4.69) is 17.4 Å². The molecule has 1 aliphatic rings. The number of carbonyl (C=O) groups is 2. The van der Waals surface area contributed by atoms with Crippen molar-refractivity contribution in [1.29, 1.82) is 0 Å². The maximum absolute atomic E-state index is 12.6. The summed E-state index contributed by atoms with van der Waals surface area (Å²) in [4.78, 5) is 28.1. The predicted octanol–water partition coefficient (Wildman–Crippen LogP) is 4.61. The minimum absolute atomic E-state index is 0.0324. The Morgan fingerprint density at radius 1 is 1.03 bits per heavy atom. The molecule has 5 nitrogen and oxygen atoms in total. The van der Waals surface area contributed by atoms with E-state index >= 15 is 0 Å². The van der Waals surface area contributed by atoms with E-state index in [-0.39, 0.29) is 11.8 Å². The normalized spacial score (nSPS) is 13.7. The first kappa shape index (κ1) is 20.5. The van der Waals surface area contributed by atoms with E-state index in [1.54, 1.807) is 0 Å². The number of hydrogen-bond donors (Lipinski definition) is 1. The largest absolute Gasteiger partial charge is 0.341 e. The van der Waals surface area contributed by atoms with E-state index in [4.69, 9.17) is 0 Å². The molecule has 6 heteroatoms. The van der Waals surface area contributed by atoms with E-state index < -0.39 is 0 Å². The number of rotatable bonds is 6. The lowest BCUT2D eigenvalue weighted by Gasteiger charge is -2.15. The van der Waals surface area contributed by atoms with Gasteiger partial charge < -0.3 is 14.8 Å². The average Bonchev–Trinajstić information content (AvgIpc) is 3.35. The molecule has 1 saturated heterocycles. The number of nitrogens with one attached hydrogen (secondary N) is 1. The summed E-state index contributed by atoms with van der Waals surface area (Å²) in [7, 11) is 0. The van der Waals surface area contributed by atoms with Crippen LogP contribution in [0, 0.1) is 13.8 Å². The lowest BCUT2D eigenvalue weighted by atomic mass is 10.1. The van der Waals surface area contributed by atoms with Gasteiger partial charge in [-0.15, -0.1) is 11.8 Å². The molecule has 3 aromatic rings. The number of anilines is 1. The van der Waals surface area contributed by atoms with Gasteiger partial charge in [0.15, 0.2) is 0 Å². The number of aromatic nitrogens is 1. The number of nitrogens with zero attached hydrogens (tertiary/aromatic N) is 2. The Balaban J connectivity index is 1.46. The number of benzene rings is 2. The number of hydrogen-bond acceptors (Lipinski definition) is 3. The molecule has 2 aromatic carbocycles. The van der Waals surface area contributed by atoms with Crippen molar-refractivity contribution in [3.8, 4) is 0 Å². The fraction of sp³-hybridized carbons (Fsp3) is 0.333. The molecule has 0 atom stereocenters. The highest BCUT2D eigenvalue weighted by molar-refractivity contribution is 8.00. The first-order valence-corrected chi connectivity index (χ1v) is 11.3. The highest BCUT2D eigenvalue weighted by Crippen LogP contribution is 2.30.